The second kappa shape index (κ2) is 11.6. The second-order valence-corrected chi connectivity index (χ2v) is 7.70. The lowest BCUT2D eigenvalue weighted by Gasteiger charge is -2.37. The van der Waals surface area contributed by atoms with E-state index in [-0.39, 0.29) is 23.4 Å². The van der Waals surface area contributed by atoms with E-state index in [1.54, 1.807) is 12.0 Å². The van der Waals surface area contributed by atoms with Crippen molar-refractivity contribution in [2.24, 2.45) is 5.92 Å². The lowest BCUT2D eigenvalue weighted by Crippen LogP contribution is -2.42. The minimum Gasteiger partial charge on any atom is -0.496 e. The smallest absolute Gasteiger partial charge is 0.282 e. The van der Waals surface area contributed by atoms with Crippen LogP contribution < -0.4 is 4.74 Å². The van der Waals surface area contributed by atoms with E-state index in [1.165, 1.54) is 12.4 Å². The third-order valence-electron chi connectivity index (χ3n) is 5.59. The first-order chi connectivity index (χ1) is 15.3. The molecule has 0 radical (unpaired) electrons. The number of hydrogen-bond acceptors (Lipinski definition) is 4. The van der Waals surface area contributed by atoms with Gasteiger partial charge in [0, 0.05) is 30.3 Å². The average Bonchev–Trinajstić information content (AvgIpc) is 2.75. The number of piperidine rings is 1. The number of amides is 1. The van der Waals surface area contributed by atoms with E-state index >= 15 is 0 Å². The molecule has 1 aromatic carbocycles. The molecule has 9 heteroatoms. The molecule has 0 aliphatic carbocycles. The molecule has 32 heavy (non-hydrogen) atoms. The van der Waals surface area contributed by atoms with Gasteiger partial charge in [0.1, 0.15) is 17.8 Å². The van der Waals surface area contributed by atoms with Crippen LogP contribution >= 0.6 is 0 Å². The highest BCUT2D eigenvalue weighted by Gasteiger charge is 2.31. The Bertz CT molecular complexity index is 932. The second-order valence-electron chi connectivity index (χ2n) is 7.70. The van der Waals surface area contributed by atoms with Gasteiger partial charge in [0.05, 0.1) is 7.11 Å². The summed E-state index contributed by atoms with van der Waals surface area (Å²) in [5.41, 5.74) is 2.54. The van der Waals surface area contributed by atoms with Crippen LogP contribution in [0.4, 0.5) is 8.78 Å². The maximum absolute atomic E-state index is 13.3. The van der Waals surface area contributed by atoms with Gasteiger partial charge in [0.15, 0.2) is 0 Å². The monoisotopic (exact) mass is 449 g/mol. The van der Waals surface area contributed by atoms with Crippen molar-refractivity contribution in [1.82, 2.24) is 25.3 Å². The molecule has 176 valence electrons. The van der Waals surface area contributed by atoms with E-state index in [0.29, 0.717) is 24.3 Å². The molecule has 2 heterocycles. The molecule has 0 unspecified atom stereocenters. The summed E-state index contributed by atoms with van der Waals surface area (Å²) in [6, 6.07) is 4.98. The van der Waals surface area contributed by atoms with Crippen LogP contribution in [0.5, 0.6) is 5.75 Å². The summed E-state index contributed by atoms with van der Waals surface area (Å²) in [7, 11) is 1.61. The number of rotatable bonds is 4. The van der Waals surface area contributed by atoms with E-state index in [1.807, 2.05) is 39.8 Å². The molecule has 0 spiro atoms. The Kier molecular flexibility index (Phi) is 9.16. The fourth-order valence-electron chi connectivity index (χ4n) is 4.00. The third kappa shape index (κ3) is 5.83. The summed E-state index contributed by atoms with van der Waals surface area (Å²) in [5, 5.41) is 12.8. The predicted molar refractivity (Wildman–Crippen MR) is 120 cm³/mol. The molecule has 1 aromatic heterocycles. The number of methoxy groups -OCH3 is 1. The maximum atomic E-state index is 13.3. The number of H-pyrrole nitrogens is 2. The number of nitrogens with one attached hydrogen (secondary N) is 2. The number of carbonyl (C=O) groups is 1. The Balaban J connectivity index is 0.00000176. The largest absolute Gasteiger partial charge is 0.496 e. The van der Waals surface area contributed by atoms with Gasteiger partial charge in [-0.25, -0.2) is 8.78 Å². The Hall–Kier alpha value is -2.97. The van der Waals surface area contributed by atoms with Gasteiger partial charge in [0.2, 0.25) is 0 Å². The Morgan fingerprint density at radius 3 is 2.47 bits per heavy atom. The van der Waals surface area contributed by atoms with Gasteiger partial charge in [-0.15, -0.1) is 0 Å². The van der Waals surface area contributed by atoms with E-state index < -0.39 is 6.43 Å². The van der Waals surface area contributed by atoms with Crippen LogP contribution in [-0.4, -0.2) is 51.4 Å². The molecule has 2 atom stereocenters. The SMILES string of the molecule is CC.COc1c(C)cc(C(=O)N2CC[C@@H](C)[C@H](c3cc(C(F)F)n[nH]cn[nH]3)C2)cc1C. The lowest BCUT2D eigenvalue weighted by molar-refractivity contribution is 0.0666. The predicted octanol–water partition coefficient (Wildman–Crippen LogP) is 5.11. The highest BCUT2D eigenvalue weighted by atomic mass is 19.3. The highest BCUT2D eigenvalue weighted by molar-refractivity contribution is 5.95. The first-order valence-electron chi connectivity index (χ1n) is 10.9. The minimum atomic E-state index is -2.72. The van der Waals surface area contributed by atoms with Crippen LogP contribution in [-0.2, 0) is 0 Å². The lowest BCUT2D eigenvalue weighted by atomic mass is 9.84. The molecule has 3 rings (SSSR count). The van der Waals surface area contributed by atoms with Gasteiger partial charge in [0.25, 0.3) is 12.3 Å². The fraction of sp³-hybridized carbons (Fsp3) is 0.522. The summed E-state index contributed by atoms with van der Waals surface area (Å²) in [5.74, 6) is 0.710. The van der Waals surface area contributed by atoms with Crippen molar-refractivity contribution in [3.63, 3.8) is 0 Å². The zero-order valence-corrected chi connectivity index (χ0v) is 19.6. The number of hydrogen-bond donors (Lipinski definition) is 2. The molecule has 2 N–H and O–H groups in total. The minimum absolute atomic E-state index is 0.0832. The molecular weight excluding hydrogens is 416 g/mol. The summed E-state index contributed by atoms with van der Waals surface area (Å²) < 4.78 is 31.9. The van der Waals surface area contributed by atoms with Gasteiger partial charge in [-0.1, -0.05) is 20.8 Å². The van der Waals surface area contributed by atoms with Gasteiger partial charge < -0.3 is 9.64 Å². The van der Waals surface area contributed by atoms with Crippen molar-refractivity contribution in [2.45, 2.75) is 53.4 Å². The number of benzene rings is 1. The fourth-order valence-corrected chi connectivity index (χ4v) is 4.00. The van der Waals surface area contributed by atoms with Crippen LogP contribution in [0.1, 0.15) is 72.4 Å². The van der Waals surface area contributed by atoms with Gasteiger partial charge in [-0.2, -0.15) is 10.2 Å². The summed E-state index contributed by atoms with van der Waals surface area (Å²) in [4.78, 5) is 15.0. The van der Waals surface area contributed by atoms with Crippen LogP contribution in [0, 0.1) is 19.8 Å². The Morgan fingerprint density at radius 1 is 1.22 bits per heavy atom. The molecule has 7 nitrogen and oxygen atoms in total. The first kappa shape index (κ1) is 25.3. The number of alkyl halides is 2. The molecular formula is C23H33F2N5O2. The summed E-state index contributed by atoms with van der Waals surface area (Å²) >= 11 is 0. The van der Waals surface area contributed by atoms with Crippen molar-refractivity contribution in [2.75, 3.05) is 20.2 Å². The molecule has 2 aromatic rings. The molecule has 1 saturated heterocycles. The van der Waals surface area contributed by atoms with Gasteiger partial charge >= 0.3 is 0 Å². The van der Waals surface area contributed by atoms with Crippen molar-refractivity contribution in [1.29, 1.82) is 0 Å². The van der Waals surface area contributed by atoms with Crippen LogP contribution in [0.3, 0.4) is 0 Å². The number of likely N-dealkylation sites (tertiary alicyclic amines) is 1. The number of ether oxygens (including phenoxy) is 1. The average molecular weight is 450 g/mol. The number of aromatic nitrogens is 4. The number of aromatic amines is 2. The van der Waals surface area contributed by atoms with E-state index in [2.05, 4.69) is 27.3 Å². The summed E-state index contributed by atoms with van der Waals surface area (Å²) in [6.07, 6.45) is -0.746. The quantitative estimate of drug-likeness (QED) is 0.679. The van der Waals surface area contributed by atoms with E-state index in [4.69, 9.17) is 4.74 Å². The summed E-state index contributed by atoms with van der Waals surface area (Å²) in [6.45, 7) is 10.9. The van der Waals surface area contributed by atoms with Crippen molar-refractivity contribution < 1.29 is 18.3 Å². The molecule has 1 amide bonds. The highest BCUT2D eigenvalue weighted by Crippen LogP contribution is 2.33. The first-order valence-corrected chi connectivity index (χ1v) is 10.9. The van der Waals surface area contributed by atoms with Crippen molar-refractivity contribution in [3.05, 3.63) is 52.6 Å². The van der Waals surface area contributed by atoms with Crippen molar-refractivity contribution in [3.8, 4) is 5.75 Å². The number of aryl methyl sites for hydroxylation is 2. The number of halogens is 2. The van der Waals surface area contributed by atoms with Crippen LogP contribution in [0.2, 0.25) is 0 Å². The normalized spacial score (nSPS) is 18.0. The van der Waals surface area contributed by atoms with Gasteiger partial charge in [-0.3, -0.25) is 15.0 Å². The van der Waals surface area contributed by atoms with Crippen LogP contribution in [0.15, 0.2) is 24.5 Å². The van der Waals surface area contributed by atoms with Gasteiger partial charge in [-0.05, 0) is 55.5 Å². The third-order valence-corrected chi connectivity index (χ3v) is 5.59. The molecule has 1 aliphatic rings. The van der Waals surface area contributed by atoms with Crippen molar-refractivity contribution >= 4 is 5.91 Å². The van der Waals surface area contributed by atoms with E-state index in [9.17, 15) is 13.6 Å². The Morgan fingerprint density at radius 2 is 1.88 bits per heavy atom. The molecule has 0 bridgehead atoms. The van der Waals surface area contributed by atoms with E-state index in [0.717, 1.165) is 23.3 Å². The van der Waals surface area contributed by atoms with Crippen LogP contribution in [0.25, 0.3) is 0 Å². The topological polar surface area (TPSA) is 86.9 Å². The zero-order chi connectivity index (χ0) is 23.8. The molecule has 0 saturated carbocycles. The maximum Gasteiger partial charge on any atom is 0.282 e. The zero-order valence-electron chi connectivity index (χ0n) is 19.6. The molecule has 1 aliphatic heterocycles. The number of nitrogens with zero attached hydrogens (tertiary/aromatic N) is 3. The molecule has 1 fully saturated rings. The standard InChI is InChI=1S/C21H27F2N5O2.C2H6/c1-12-5-6-28(21(29)15-7-13(2)19(30-4)14(3)8-15)10-16(12)17-9-18(20(22)23)27-25-11-24-26-17;1-2/h7-9,11-12,16,20,26H,5-6,10H2,1-4H3,(H,24,25);1-2H3/t12-,16-;/m1./s1. The Labute approximate surface area is 187 Å². The number of carbonyl (C=O) groups excluding carboxylic acids is 1.